The Kier molecular flexibility index (Phi) is 7.39. The molecule has 1 atom stereocenters. The van der Waals surface area contributed by atoms with Crippen LogP contribution in [0.15, 0.2) is 96.4 Å². The lowest BCUT2D eigenvalue weighted by molar-refractivity contribution is 0.0649. The standard InChI is InChI=1S/C32H30N8O3/c1-4-16-40-31(42)22-10-11-26(37-28(22)32(40,2)3)36-27-17-24(35-25(19-41)20-8-6-5-7-9-20)23(18-34-27)30-38-29(39-43-30)21-12-14-33-15-13-21/h4-15,17-18,25,41H,1,16,19H2,2-3H3,(H2,34,35,36,37)/t25-/m1/s1. The molecular weight excluding hydrogens is 544 g/mol. The van der Waals surface area contributed by atoms with Crippen molar-refractivity contribution in [2.75, 3.05) is 23.8 Å². The summed E-state index contributed by atoms with van der Waals surface area (Å²) in [7, 11) is 0. The van der Waals surface area contributed by atoms with Gasteiger partial charge in [-0.05, 0) is 43.7 Å². The van der Waals surface area contributed by atoms with Crippen molar-refractivity contribution in [2.24, 2.45) is 0 Å². The van der Waals surface area contributed by atoms with Crippen molar-refractivity contribution < 1.29 is 14.4 Å². The number of hydrogen-bond donors (Lipinski definition) is 3. The van der Waals surface area contributed by atoms with Crippen LogP contribution in [0, 0.1) is 0 Å². The lowest BCUT2D eigenvalue weighted by atomic mass is 9.99. The first-order valence-corrected chi connectivity index (χ1v) is 13.8. The fraction of sp³-hybridized carbons (Fsp3) is 0.188. The van der Waals surface area contributed by atoms with Crippen LogP contribution in [0.5, 0.6) is 0 Å². The molecule has 0 unspecified atom stereocenters. The third-order valence-corrected chi connectivity index (χ3v) is 7.41. The van der Waals surface area contributed by atoms with Gasteiger partial charge in [-0.3, -0.25) is 9.78 Å². The van der Waals surface area contributed by atoms with Gasteiger partial charge in [0.05, 0.1) is 40.7 Å². The summed E-state index contributed by atoms with van der Waals surface area (Å²) in [5, 5.41) is 21.1. The first-order valence-electron chi connectivity index (χ1n) is 13.8. The number of nitrogens with zero attached hydrogens (tertiary/aromatic N) is 6. The third kappa shape index (κ3) is 5.33. The predicted molar refractivity (Wildman–Crippen MR) is 162 cm³/mol. The highest BCUT2D eigenvalue weighted by molar-refractivity contribution is 5.99. The summed E-state index contributed by atoms with van der Waals surface area (Å²) in [4.78, 5) is 32.8. The summed E-state index contributed by atoms with van der Waals surface area (Å²) in [5.41, 5.74) is 3.48. The molecule has 0 radical (unpaired) electrons. The fourth-order valence-corrected chi connectivity index (χ4v) is 5.14. The first-order chi connectivity index (χ1) is 20.9. The average molecular weight is 575 g/mol. The zero-order valence-corrected chi connectivity index (χ0v) is 23.7. The van der Waals surface area contributed by atoms with Gasteiger partial charge in [-0.1, -0.05) is 41.6 Å². The maximum absolute atomic E-state index is 13.0. The second kappa shape index (κ2) is 11.5. The molecule has 0 bridgehead atoms. The molecule has 0 aliphatic carbocycles. The lowest BCUT2D eigenvalue weighted by Crippen LogP contribution is -2.39. The Morgan fingerprint density at radius 3 is 2.58 bits per heavy atom. The van der Waals surface area contributed by atoms with E-state index in [0.717, 1.165) is 11.1 Å². The van der Waals surface area contributed by atoms with Gasteiger partial charge in [0.1, 0.15) is 11.6 Å². The zero-order valence-electron chi connectivity index (χ0n) is 23.7. The minimum Gasteiger partial charge on any atom is -0.394 e. The Hall–Kier alpha value is -5.42. The van der Waals surface area contributed by atoms with E-state index in [0.29, 0.717) is 46.5 Å². The van der Waals surface area contributed by atoms with Crippen molar-refractivity contribution in [1.29, 1.82) is 0 Å². The second-order valence-electron chi connectivity index (χ2n) is 10.5. The van der Waals surface area contributed by atoms with Gasteiger partial charge in [-0.25, -0.2) is 9.97 Å². The van der Waals surface area contributed by atoms with Gasteiger partial charge in [0.15, 0.2) is 0 Å². The number of benzene rings is 1. The normalized spacial score (nSPS) is 14.3. The van der Waals surface area contributed by atoms with Crippen molar-refractivity contribution in [3.8, 4) is 22.8 Å². The van der Waals surface area contributed by atoms with Crippen LogP contribution in [-0.4, -0.2) is 54.2 Å². The fourth-order valence-electron chi connectivity index (χ4n) is 5.14. The van der Waals surface area contributed by atoms with Crippen LogP contribution in [0.1, 0.15) is 41.5 Å². The molecule has 0 spiro atoms. The molecule has 11 heteroatoms. The summed E-state index contributed by atoms with van der Waals surface area (Å²) < 4.78 is 5.64. The Morgan fingerprint density at radius 2 is 1.84 bits per heavy atom. The van der Waals surface area contributed by atoms with Gasteiger partial charge in [-0.15, -0.1) is 6.58 Å². The molecule has 5 aromatic rings. The Bertz CT molecular complexity index is 1770. The van der Waals surface area contributed by atoms with E-state index < -0.39 is 11.6 Å². The Labute approximate surface area is 248 Å². The molecule has 0 saturated heterocycles. The number of carbonyl (C=O) groups is 1. The average Bonchev–Trinajstić information content (AvgIpc) is 3.59. The second-order valence-corrected chi connectivity index (χ2v) is 10.5. The van der Waals surface area contributed by atoms with Crippen LogP contribution in [0.25, 0.3) is 22.8 Å². The molecule has 1 aliphatic rings. The molecule has 43 heavy (non-hydrogen) atoms. The van der Waals surface area contributed by atoms with E-state index in [1.807, 2.05) is 44.2 Å². The molecule has 4 aromatic heterocycles. The third-order valence-electron chi connectivity index (χ3n) is 7.41. The smallest absolute Gasteiger partial charge is 0.261 e. The molecule has 0 saturated carbocycles. The molecule has 6 rings (SSSR count). The van der Waals surface area contributed by atoms with Crippen LogP contribution in [-0.2, 0) is 5.54 Å². The van der Waals surface area contributed by atoms with E-state index in [1.165, 1.54) is 0 Å². The number of anilines is 3. The summed E-state index contributed by atoms with van der Waals surface area (Å²) in [5.74, 6) is 1.62. The van der Waals surface area contributed by atoms with E-state index in [9.17, 15) is 9.90 Å². The van der Waals surface area contributed by atoms with Crippen molar-refractivity contribution in [1.82, 2.24) is 30.0 Å². The number of nitrogens with one attached hydrogen (secondary N) is 2. The quantitative estimate of drug-likeness (QED) is 0.187. The van der Waals surface area contributed by atoms with Crippen LogP contribution in [0.2, 0.25) is 0 Å². The number of carbonyl (C=O) groups excluding carboxylic acids is 1. The summed E-state index contributed by atoms with van der Waals surface area (Å²) in [6.45, 7) is 7.99. The summed E-state index contributed by atoms with van der Waals surface area (Å²) in [6, 6.07) is 18.1. The number of fused-ring (bicyclic) bond motifs is 1. The van der Waals surface area contributed by atoms with E-state index in [4.69, 9.17) is 9.51 Å². The molecular formula is C32H30N8O3. The predicted octanol–water partition coefficient (Wildman–Crippen LogP) is 5.35. The Morgan fingerprint density at radius 1 is 1.05 bits per heavy atom. The highest BCUT2D eigenvalue weighted by Crippen LogP contribution is 2.38. The lowest BCUT2D eigenvalue weighted by Gasteiger charge is -2.30. The molecule has 5 heterocycles. The summed E-state index contributed by atoms with van der Waals surface area (Å²) >= 11 is 0. The molecule has 1 amide bonds. The number of aromatic nitrogens is 5. The number of pyridine rings is 3. The van der Waals surface area contributed by atoms with Crippen LogP contribution >= 0.6 is 0 Å². The minimum atomic E-state index is -0.600. The molecule has 1 aliphatic heterocycles. The highest BCUT2D eigenvalue weighted by Gasteiger charge is 2.43. The molecule has 1 aromatic carbocycles. The van der Waals surface area contributed by atoms with Gasteiger partial charge in [0.2, 0.25) is 5.82 Å². The first kappa shape index (κ1) is 27.7. The van der Waals surface area contributed by atoms with Crippen LogP contribution in [0.4, 0.5) is 17.3 Å². The van der Waals surface area contributed by atoms with Gasteiger partial charge in [0.25, 0.3) is 11.8 Å². The summed E-state index contributed by atoms with van der Waals surface area (Å²) in [6.07, 6.45) is 6.66. The van der Waals surface area contributed by atoms with Crippen molar-refractivity contribution >= 4 is 23.2 Å². The topological polar surface area (TPSA) is 142 Å². The largest absolute Gasteiger partial charge is 0.394 e. The molecule has 216 valence electrons. The van der Waals surface area contributed by atoms with E-state index in [-0.39, 0.29) is 18.4 Å². The van der Waals surface area contributed by atoms with Gasteiger partial charge >= 0.3 is 0 Å². The monoisotopic (exact) mass is 574 g/mol. The van der Waals surface area contributed by atoms with E-state index in [1.54, 1.807) is 59.9 Å². The number of aliphatic hydroxyl groups is 1. The van der Waals surface area contributed by atoms with Gasteiger partial charge in [0, 0.05) is 36.8 Å². The maximum atomic E-state index is 13.0. The number of hydrogen-bond acceptors (Lipinski definition) is 10. The number of rotatable bonds is 10. The van der Waals surface area contributed by atoms with Crippen molar-refractivity contribution in [3.63, 3.8) is 0 Å². The van der Waals surface area contributed by atoms with E-state index >= 15 is 0 Å². The molecule has 3 N–H and O–H groups in total. The van der Waals surface area contributed by atoms with E-state index in [2.05, 4.69) is 37.3 Å². The van der Waals surface area contributed by atoms with Gasteiger partial charge < -0.3 is 25.2 Å². The van der Waals surface area contributed by atoms with Crippen molar-refractivity contribution in [3.05, 3.63) is 109 Å². The maximum Gasteiger partial charge on any atom is 0.261 e. The Balaban J connectivity index is 1.35. The minimum absolute atomic E-state index is 0.0745. The SMILES string of the molecule is C=CCN1C(=O)c2ccc(Nc3cc(N[C@H](CO)c4ccccc4)c(-c4nc(-c5ccncc5)no4)cn3)nc2C1(C)C. The number of amides is 1. The van der Waals surface area contributed by atoms with Crippen molar-refractivity contribution in [2.45, 2.75) is 25.4 Å². The zero-order chi connectivity index (χ0) is 30.0. The van der Waals surface area contributed by atoms with Crippen LogP contribution < -0.4 is 10.6 Å². The number of aliphatic hydroxyl groups excluding tert-OH is 1. The van der Waals surface area contributed by atoms with Gasteiger partial charge in [-0.2, -0.15) is 4.98 Å². The molecule has 0 fully saturated rings. The highest BCUT2D eigenvalue weighted by atomic mass is 16.5. The molecule has 11 nitrogen and oxygen atoms in total. The van der Waals surface area contributed by atoms with Crippen LogP contribution in [0.3, 0.4) is 0 Å².